The minimum Gasteiger partial charge on any atom is -0.489 e. The molecule has 0 aliphatic heterocycles. The van der Waals surface area contributed by atoms with Gasteiger partial charge in [-0.05, 0) is 29.5 Å². The van der Waals surface area contributed by atoms with E-state index >= 15 is 0 Å². The number of rotatable bonds is 6. The highest BCUT2D eigenvalue weighted by atomic mass is 16.5. The number of ether oxygens (including phenoxy) is 1. The maximum atomic E-state index is 7.39. The number of nitrogens with two attached hydrogens (primary N) is 1. The second-order valence-electron chi connectivity index (χ2n) is 5.25. The second kappa shape index (κ2) is 6.93. The van der Waals surface area contributed by atoms with Crippen LogP contribution in [0.25, 0.3) is 0 Å². The van der Waals surface area contributed by atoms with Crippen LogP contribution in [0, 0.1) is 5.41 Å². The van der Waals surface area contributed by atoms with Gasteiger partial charge in [-0.15, -0.1) is 0 Å². The lowest BCUT2D eigenvalue weighted by Crippen LogP contribution is -2.10. The molecule has 110 valence electrons. The van der Waals surface area contributed by atoms with Gasteiger partial charge in [0.05, 0.1) is 0 Å². The Bertz CT molecular complexity index is 605. The van der Waals surface area contributed by atoms with Crippen molar-refractivity contribution in [3.05, 3.63) is 65.2 Å². The molecule has 3 N–H and O–H groups in total. The summed E-state index contributed by atoms with van der Waals surface area (Å²) >= 11 is 0. The van der Waals surface area contributed by atoms with E-state index in [0.717, 1.165) is 23.3 Å². The van der Waals surface area contributed by atoms with Gasteiger partial charge in [0.1, 0.15) is 18.2 Å². The van der Waals surface area contributed by atoms with E-state index in [9.17, 15) is 0 Å². The third-order valence-electron chi connectivity index (χ3n) is 3.72. The summed E-state index contributed by atoms with van der Waals surface area (Å²) in [7, 11) is 0. The highest BCUT2D eigenvalue weighted by Gasteiger charge is 2.09. The Morgan fingerprint density at radius 2 is 1.81 bits per heavy atom. The van der Waals surface area contributed by atoms with Crippen molar-refractivity contribution in [2.45, 2.75) is 32.8 Å². The molecule has 2 aromatic carbocycles. The van der Waals surface area contributed by atoms with Crippen molar-refractivity contribution in [3.63, 3.8) is 0 Å². The zero-order valence-electron chi connectivity index (χ0n) is 12.6. The van der Waals surface area contributed by atoms with Gasteiger partial charge in [-0.2, -0.15) is 0 Å². The van der Waals surface area contributed by atoms with Gasteiger partial charge in [-0.1, -0.05) is 56.3 Å². The zero-order valence-corrected chi connectivity index (χ0v) is 12.6. The summed E-state index contributed by atoms with van der Waals surface area (Å²) in [5.74, 6) is 1.52. The fourth-order valence-corrected chi connectivity index (χ4v) is 2.18. The molecule has 0 bridgehead atoms. The number of hydrogen-bond acceptors (Lipinski definition) is 2. The van der Waals surface area contributed by atoms with Gasteiger partial charge in [0, 0.05) is 5.56 Å². The summed E-state index contributed by atoms with van der Waals surface area (Å²) in [6.07, 6.45) is 1.09. The molecule has 0 aliphatic carbocycles. The summed E-state index contributed by atoms with van der Waals surface area (Å²) in [6, 6.07) is 15.8. The monoisotopic (exact) mass is 282 g/mol. The Balaban J connectivity index is 2.08. The van der Waals surface area contributed by atoms with Crippen LogP contribution in [0.1, 0.15) is 42.9 Å². The van der Waals surface area contributed by atoms with Crippen molar-refractivity contribution >= 4 is 5.84 Å². The second-order valence-corrected chi connectivity index (χ2v) is 5.25. The molecule has 0 spiro atoms. The molecule has 21 heavy (non-hydrogen) atoms. The van der Waals surface area contributed by atoms with Crippen LogP contribution in [0.5, 0.6) is 5.75 Å². The Morgan fingerprint density at radius 3 is 2.43 bits per heavy atom. The normalized spacial score (nSPS) is 11.9. The van der Waals surface area contributed by atoms with Gasteiger partial charge in [0.15, 0.2) is 0 Å². The lowest BCUT2D eigenvalue weighted by Gasteiger charge is -2.15. The molecule has 3 heteroatoms. The van der Waals surface area contributed by atoms with Crippen molar-refractivity contribution in [1.82, 2.24) is 0 Å². The van der Waals surface area contributed by atoms with E-state index in [2.05, 4.69) is 26.0 Å². The van der Waals surface area contributed by atoms with Crippen LogP contribution >= 0.6 is 0 Å². The molecule has 2 aromatic rings. The molecule has 0 aromatic heterocycles. The van der Waals surface area contributed by atoms with Gasteiger partial charge < -0.3 is 10.5 Å². The Morgan fingerprint density at radius 1 is 1.14 bits per heavy atom. The summed E-state index contributed by atoms with van der Waals surface area (Å²) in [5, 5.41) is 7.39. The van der Waals surface area contributed by atoms with Crippen LogP contribution in [0.4, 0.5) is 0 Å². The summed E-state index contributed by atoms with van der Waals surface area (Å²) < 4.78 is 5.96. The molecule has 0 heterocycles. The first-order chi connectivity index (χ1) is 10.1. The maximum Gasteiger partial charge on any atom is 0.123 e. The molecule has 0 aliphatic rings. The maximum absolute atomic E-state index is 7.39. The van der Waals surface area contributed by atoms with Crippen LogP contribution in [-0.2, 0) is 6.61 Å². The van der Waals surface area contributed by atoms with Crippen LogP contribution in [0.15, 0.2) is 48.5 Å². The predicted molar refractivity (Wildman–Crippen MR) is 86.9 cm³/mol. The van der Waals surface area contributed by atoms with E-state index in [1.54, 1.807) is 0 Å². The van der Waals surface area contributed by atoms with Crippen LogP contribution in [-0.4, -0.2) is 5.84 Å². The molecular formula is C18H22N2O. The smallest absolute Gasteiger partial charge is 0.123 e. The molecule has 0 saturated carbocycles. The van der Waals surface area contributed by atoms with Crippen molar-refractivity contribution < 1.29 is 4.74 Å². The summed E-state index contributed by atoms with van der Waals surface area (Å²) in [4.78, 5) is 0. The third kappa shape index (κ3) is 3.85. The number of nitrogens with one attached hydrogen (secondary N) is 1. The zero-order chi connectivity index (χ0) is 15.2. The van der Waals surface area contributed by atoms with Gasteiger partial charge in [-0.25, -0.2) is 0 Å². The van der Waals surface area contributed by atoms with Crippen LogP contribution in [0.2, 0.25) is 0 Å². The number of nitrogen functional groups attached to an aromatic ring is 1. The van der Waals surface area contributed by atoms with Crippen molar-refractivity contribution in [2.75, 3.05) is 0 Å². The van der Waals surface area contributed by atoms with Crippen LogP contribution in [0.3, 0.4) is 0 Å². The fraction of sp³-hybridized carbons (Fsp3) is 0.278. The van der Waals surface area contributed by atoms with Crippen molar-refractivity contribution in [1.29, 1.82) is 5.41 Å². The molecule has 0 saturated heterocycles. The first-order valence-corrected chi connectivity index (χ1v) is 7.27. The number of para-hydroxylation sites is 1. The first-order valence-electron chi connectivity index (χ1n) is 7.27. The van der Waals surface area contributed by atoms with E-state index in [1.807, 2.05) is 36.4 Å². The lowest BCUT2D eigenvalue weighted by atomic mass is 9.98. The highest BCUT2D eigenvalue weighted by molar-refractivity contribution is 5.94. The number of benzene rings is 2. The molecule has 0 fully saturated rings. The van der Waals surface area contributed by atoms with Gasteiger partial charge in [0.25, 0.3) is 0 Å². The molecular weight excluding hydrogens is 260 g/mol. The van der Waals surface area contributed by atoms with Gasteiger partial charge >= 0.3 is 0 Å². The molecule has 0 amide bonds. The van der Waals surface area contributed by atoms with Crippen molar-refractivity contribution in [3.8, 4) is 5.75 Å². The average Bonchev–Trinajstić information content (AvgIpc) is 2.52. The Kier molecular flexibility index (Phi) is 4.99. The highest BCUT2D eigenvalue weighted by Crippen LogP contribution is 2.28. The minimum absolute atomic E-state index is 0.0876. The lowest BCUT2D eigenvalue weighted by molar-refractivity contribution is 0.301. The van der Waals surface area contributed by atoms with E-state index in [-0.39, 0.29) is 5.84 Å². The number of hydrogen-bond donors (Lipinski definition) is 2. The standard InChI is InChI=1S/C18H22N2O/c1-3-13(2)16-6-4-5-7-17(16)21-12-14-8-10-15(11-9-14)18(19)20/h4-11,13H,3,12H2,1-2H3,(H3,19,20). The average molecular weight is 282 g/mol. The van der Waals surface area contributed by atoms with E-state index < -0.39 is 0 Å². The van der Waals surface area contributed by atoms with Crippen molar-refractivity contribution in [2.24, 2.45) is 5.73 Å². The van der Waals surface area contributed by atoms with Crippen LogP contribution < -0.4 is 10.5 Å². The summed E-state index contributed by atoms with van der Waals surface area (Å²) in [6.45, 7) is 4.91. The number of amidine groups is 1. The Hall–Kier alpha value is -2.29. The van der Waals surface area contributed by atoms with E-state index in [1.165, 1.54) is 5.56 Å². The topological polar surface area (TPSA) is 59.1 Å². The SMILES string of the molecule is CCC(C)c1ccccc1OCc1ccc(C(=N)N)cc1. The molecule has 0 radical (unpaired) electrons. The largest absolute Gasteiger partial charge is 0.489 e. The summed E-state index contributed by atoms with van der Waals surface area (Å²) in [5.41, 5.74) is 8.50. The molecule has 2 rings (SSSR count). The quantitative estimate of drug-likeness (QED) is 0.620. The molecule has 1 unspecified atom stereocenters. The first kappa shape index (κ1) is 15.1. The van der Waals surface area contributed by atoms with Gasteiger partial charge in [-0.3, -0.25) is 5.41 Å². The predicted octanol–water partition coefficient (Wildman–Crippen LogP) is 4.06. The van der Waals surface area contributed by atoms with E-state index in [0.29, 0.717) is 12.5 Å². The Labute approximate surface area is 126 Å². The minimum atomic E-state index is 0.0876. The molecule has 3 nitrogen and oxygen atoms in total. The van der Waals surface area contributed by atoms with Gasteiger partial charge in [0.2, 0.25) is 0 Å². The molecule has 1 atom stereocenters. The third-order valence-corrected chi connectivity index (χ3v) is 3.72. The fourth-order valence-electron chi connectivity index (χ4n) is 2.18. The van der Waals surface area contributed by atoms with E-state index in [4.69, 9.17) is 15.9 Å².